The van der Waals surface area contributed by atoms with Gasteiger partial charge in [0.25, 0.3) is 5.91 Å². The minimum atomic E-state index is -0.606. The van der Waals surface area contributed by atoms with Gasteiger partial charge >= 0.3 is 0 Å². The maximum absolute atomic E-state index is 13.2. The van der Waals surface area contributed by atoms with Gasteiger partial charge < -0.3 is 15.6 Å². The van der Waals surface area contributed by atoms with Crippen LogP contribution in [0.2, 0.25) is 0 Å². The number of phenols is 1. The maximum atomic E-state index is 13.2. The summed E-state index contributed by atoms with van der Waals surface area (Å²) in [6.07, 6.45) is 0. The van der Waals surface area contributed by atoms with E-state index in [0.717, 1.165) is 16.8 Å². The zero-order valence-corrected chi connectivity index (χ0v) is 13.4. The molecule has 25 heavy (non-hydrogen) atoms. The number of aromatic nitrogens is 2. The van der Waals surface area contributed by atoms with Gasteiger partial charge in [-0.25, -0.2) is 4.39 Å². The molecule has 2 aromatic carbocycles. The van der Waals surface area contributed by atoms with Crippen LogP contribution < -0.4 is 10.5 Å². The molecule has 0 atom stereocenters. The Morgan fingerprint density at radius 2 is 2.00 bits per heavy atom. The van der Waals surface area contributed by atoms with Gasteiger partial charge in [0.2, 0.25) is 0 Å². The summed E-state index contributed by atoms with van der Waals surface area (Å²) in [6.45, 7) is 1.57. The van der Waals surface area contributed by atoms with E-state index in [-0.39, 0.29) is 18.2 Å². The Labute approximate surface area is 143 Å². The van der Waals surface area contributed by atoms with Crippen LogP contribution in [0.4, 0.5) is 4.39 Å². The smallest absolute Gasteiger partial charge is 0.255 e. The van der Waals surface area contributed by atoms with Crippen molar-refractivity contribution in [1.82, 2.24) is 10.2 Å². The number of benzene rings is 2. The monoisotopic (exact) mass is 341 g/mol. The number of halogens is 1. The second kappa shape index (κ2) is 6.64. The molecule has 0 bridgehead atoms. The molecule has 4 N–H and O–H groups in total. The topological polar surface area (TPSA) is 101 Å². The summed E-state index contributed by atoms with van der Waals surface area (Å²) < 4.78 is 18.3. The number of ether oxygens (including phenoxy) is 1. The number of H-pyrrole nitrogens is 1. The zero-order valence-electron chi connectivity index (χ0n) is 13.4. The lowest BCUT2D eigenvalue weighted by Crippen LogP contribution is -2.19. The number of amides is 1. The Kier molecular flexibility index (Phi) is 4.38. The molecule has 1 amide bonds. The predicted molar refractivity (Wildman–Crippen MR) is 90.5 cm³/mol. The van der Waals surface area contributed by atoms with E-state index in [1.54, 1.807) is 24.3 Å². The van der Waals surface area contributed by atoms with Crippen molar-refractivity contribution in [3.8, 4) is 33.9 Å². The molecule has 6 nitrogen and oxygen atoms in total. The second-order valence-corrected chi connectivity index (χ2v) is 5.51. The molecule has 0 saturated carbocycles. The molecule has 128 valence electrons. The number of hydrogen-bond donors (Lipinski definition) is 3. The van der Waals surface area contributed by atoms with Crippen molar-refractivity contribution < 1.29 is 19.0 Å². The van der Waals surface area contributed by atoms with Crippen LogP contribution in [0.5, 0.6) is 11.5 Å². The second-order valence-electron chi connectivity index (χ2n) is 5.51. The first-order valence-corrected chi connectivity index (χ1v) is 7.51. The summed E-state index contributed by atoms with van der Waals surface area (Å²) in [5.74, 6) is -0.678. The van der Waals surface area contributed by atoms with Crippen molar-refractivity contribution in [3.05, 3.63) is 54.0 Å². The molecule has 0 fully saturated rings. The van der Waals surface area contributed by atoms with E-state index in [4.69, 9.17) is 10.5 Å². The lowest BCUT2D eigenvalue weighted by Gasteiger charge is -2.09. The number of carbonyl (C=O) groups excluding carboxylic acids is 1. The molecule has 0 spiro atoms. The normalized spacial score (nSPS) is 10.6. The molecule has 0 unspecified atom stereocenters. The van der Waals surface area contributed by atoms with Crippen LogP contribution in [-0.4, -0.2) is 27.8 Å². The number of nitrogens with one attached hydrogen (secondary N) is 1. The first-order valence-electron chi connectivity index (χ1n) is 7.51. The number of aromatic amines is 1. The third-order valence-electron chi connectivity index (χ3n) is 3.69. The van der Waals surface area contributed by atoms with Crippen molar-refractivity contribution in [2.45, 2.75) is 6.92 Å². The van der Waals surface area contributed by atoms with Gasteiger partial charge in [0.05, 0.1) is 0 Å². The molecule has 1 heterocycles. The molecule has 3 aromatic rings. The van der Waals surface area contributed by atoms with E-state index in [1.165, 1.54) is 18.2 Å². The quantitative estimate of drug-likeness (QED) is 0.664. The molecule has 7 heteroatoms. The number of hydrogen-bond acceptors (Lipinski definition) is 4. The van der Waals surface area contributed by atoms with E-state index in [0.29, 0.717) is 17.0 Å². The van der Waals surface area contributed by atoms with Gasteiger partial charge in [-0.2, -0.15) is 5.10 Å². The number of nitrogens with zero attached hydrogens (tertiary/aromatic N) is 1. The highest BCUT2D eigenvalue weighted by atomic mass is 19.1. The van der Waals surface area contributed by atoms with Crippen LogP contribution in [0.3, 0.4) is 0 Å². The highest BCUT2D eigenvalue weighted by molar-refractivity contribution is 5.85. The summed E-state index contributed by atoms with van der Waals surface area (Å²) >= 11 is 0. The van der Waals surface area contributed by atoms with Gasteiger partial charge in [0, 0.05) is 22.9 Å². The van der Waals surface area contributed by atoms with Gasteiger partial charge in [-0.1, -0.05) is 12.1 Å². The number of primary amides is 1. The molecular formula is C18H16FN3O3. The molecular weight excluding hydrogens is 325 g/mol. The lowest BCUT2D eigenvalue weighted by molar-refractivity contribution is -0.119. The fourth-order valence-electron chi connectivity index (χ4n) is 2.55. The van der Waals surface area contributed by atoms with Gasteiger partial charge in [-0.05, 0) is 36.8 Å². The van der Waals surface area contributed by atoms with E-state index >= 15 is 0 Å². The molecule has 0 aliphatic heterocycles. The van der Waals surface area contributed by atoms with Crippen LogP contribution in [0, 0.1) is 12.7 Å². The fourth-order valence-corrected chi connectivity index (χ4v) is 2.55. The molecule has 0 aliphatic rings. The number of nitrogens with two attached hydrogens (primary N) is 1. The van der Waals surface area contributed by atoms with Gasteiger partial charge in [-0.15, -0.1) is 0 Å². The molecule has 0 aliphatic carbocycles. The Morgan fingerprint density at radius 1 is 1.28 bits per heavy atom. The first-order chi connectivity index (χ1) is 12.0. The van der Waals surface area contributed by atoms with Crippen LogP contribution >= 0.6 is 0 Å². The molecule has 3 rings (SSSR count). The van der Waals surface area contributed by atoms with Gasteiger partial charge in [0.1, 0.15) is 23.0 Å². The third-order valence-corrected chi connectivity index (χ3v) is 3.69. The van der Waals surface area contributed by atoms with Crippen LogP contribution in [0.15, 0.2) is 42.5 Å². The number of aryl methyl sites for hydroxylation is 1. The third kappa shape index (κ3) is 3.45. The Hall–Kier alpha value is -3.35. The first kappa shape index (κ1) is 16.5. The summed E-state index contributed by atoms with van der Waals surface area (Å²) in [4.78, 5) is 10.8. The van der Waals surface area contributed by atoms with Crippen molar-refractivity contribution in [2.24, 2.45) is 5.73 Å². The number of rotatable bonds is 5. The number of aromatic hydroxyl groups is 1. The standard InChI is InChI=1S/C18H16FN3O3/c1-10-17(11-2-4-12(19)5-3-11)18(22-21-10)14-7-6-13(8-15(14)23)25-9-16(20)24/h2-8,23H,9H2,1H3,(H2,20,24)(H,21,22). The van der Waals surface area contributed by atoms with E-state index < -0.39 is 5.91 Å². The molecule has 1 aromatic heterocycles. The summed E-state index contributed by atoms with van der Waals surface area (Å²) in [5.41, 5.74) is 8.37. The van der Waals surface area contributed by atoms with Crippen molar-refractivity contribution in [2.75, 3.05) is 6.61 Å². The summed E-state index contributed by atoms with van der Waals surface area (Å²) in [6, 6.07) is 10.7. The Morgan fingerprint density at radius 3 is 2.64 bits per heavy atom. The van der Waals surface area contributed by atoms with E-state index in [2.05, 4.69) is 10.2 Å². The number of carbonyl (C=O) groups is 1. The highest BCUT2D eigenvalue weighted by Gasteiger charge is 2.17. The summed E-state index contributed by atoms with van der Waals surface area (Å²) in [5, 5.41) is 17.5. The van der Waals surface area contributed by atoms with E-state index in [1.807, 2.05) is 6.92 Å². The number of phenolic OH excluding ortho intramolecular Hbond substituents is 1. The van der Waals surface area contributed by atoms with Crippen LogP contribution in [0.25, 0.3) is 22.4 Å². The fraction of sp³-hybridized carbons (Fsp3) is 0.111. The average molecular weight is 341 g/mol. The van der Waals surface area contributed by atoms with Crippen molar-refractivity contribution in [1.29, 1.82) is 0 Å². The minimum absolute atomic E-state index is 0.0585. The van der Waals surface area contributed by atoms with E-state index in [9.17, 15) is 14.3 Å². The van der Waals surface area contributed by atoms with Gasteiger partial charge in [-0.3, -0.25) is 9.89 Å². The van der Waals surface area contributed by atoms with Gasteiger partial charge in [0.15, 0.2) is 6.61 Å². The Balaban J connectivity index is 2.00. The molecule has 0 radical (unpaired) electrons. The molecule has 0 saturated heterocycles. The van der Waals surface area contributed by atoms with Crippen molar-refractivity contribution >= 4 is 5.91 Å². The SMILES string of the molecule is Cc1[nH]nc(-c2ccc(OCC(N)=O)cc2O)c1-c1ccc(F)cc1. The summed E-state index contributed by atoms with van der Waals surface area (Å²) in [7, 11) is 0. The highest BCUT2D eigenvalue weighted by Crippen LogP contribution is 2.38. The van der Waals surface area contributed by atoms with Crippen LogP contribution in [-0.2, 0) is 4.79 Å². The minimum Gasteiger partial charge on any atom is -0.507 e. The lowest BCUT2D eigenvalue weighted by atomic mass is 9.98. The zero-order chi connectivity index (χ0) is 18.0. The maximum Gasteiger partial charge on any atom is 0.255 e. The van der Waals surface area contributed by atoms with Crippen LogP contribution in [0.1, 0.15) is 5.69 Å². The average Bonchev–Trinajstić information content (AvgIpc) is 2.95. The predicted octanol–water partition coefficient (Wildman–Crippen LogP) is 2.76. The Bertz CT molecular complexity index is 920. The van der Waals surface area contributed by atoms with Crippen molar-refractivity contribution in [3.63, 3.8) is 0 Å². The largest absolute Gasteiger partial charge is 0.507 e.